The molecule has 0 unspecified atom stereocenters. The van der Waals surface area contributed by atoms with Gasteiger partial charge in [-0.15, -0.1) is 0 Å². The fraction of sp³-hybridized carbons (Fsp3) is 0.379. The Morgan fingerprint density at radius 3 is 2.65 bits per heavy atom. The molecule has 3 fully saturated rings. The van der Waals surface area contributed by atoms with Crippen molar-refractivity contribution in [1.29, 1.82) is 0 Å². The zero-order chi connectivity index (χ0) is 24.3. The van der Waals surface area contributed by atoms with Crippen LogP contribution in [0, 0.1) is 0 Å². The van der Waals surface area contributed by atoms with Gasteiger partial charge in [-0.1, -0.05) is 12.1 Å². The highest BCUT2D eigenvalue weighted by atomic mass is 16.5. The second-order valence-corrected chi connectivity index (χ2v) is 10.7. The fourth-order valence-corrected chi connectivity index (χ4v) is 7.00. The van der Waals surface area contributed by atoms with Crippen LogP contribution >= 0.6 is 0 Å². The third-order valence-electron chi connectivity index (χ3n) is 8.78. The van der Waals surface area contributed by atoms with E-state index in [-0.39, 0.29) is 0 Å². The number of aromatic amines is 1. The number of aromatic nitrogens is 6. The van der Waals surface area contributed by atoms with Gasteiger partial charge in [-0.05, 0) is 61.9 Å². The van der Waals surface area contributed by atoms with Crippen molar-refractivity contribution in [3.8, 4) is 22.4 Å². The third kappa shape index (κ3) is 3.43. The molecular weight excluding hydrogens is 462 g/mol. The summed E-state index contributed by atoms with van der Waals surface area (Å²) in [5, 5.41) is 13.7. The van der Waals surface area contributed by atoms with Crippen molar-refractivity contribution in [2.75, 3.05) is 13.2 Å². The van der Waals surface area contributed by atoms with Gasteiger partial charge in [0.05, 0.1) is 30.0 Å². The Morgan fingerprint density at radius 1 is 0.946 bits per heavy atom. The van der Waals surface area contributed by atoms with Gasteiger partial charge in [0.1, 0.15) is 5.69 Å². The number of nitrogens with zero attached hydrogens (tertiary/aromatic N) is 6. The number of fused-ring (bicyclic) bond motifs is 4. The van der Waals surface area contributed by atoms with E-state index in [1.807, 2.05) is 36.9 Å². The zero-order valence-corrected chi connectivity index (χ0v) is 20.6. The first-order valence-electron chi connectivity index (χ1n) is 13.4. The minimum atomic E-state index is 0.469. The lowest BCUT2D eigenvalue weighted by Crippen LogP contribution is -2.45. The number of nitrogens with one attached hydrogen (secondary N) is 1. The third-order valence-corrected chi connectivity index (χ3v) is 8.78. The molecule has 0 amide bonds. The maximum Gasteiger partial charge on any atom is 0.163 e. The predicted octanol–water partition coefficient (Wildman–Crippen LogP) is 4.83. The molecule has 8 heteroatoms. The van der Waals surface area contributed by atoms with Gasteiger partial charge in [-0.3, -0.25) is 15.0 Å². The van der Waals surface area contributed by atoms with Gasteiger partial charge in [-0.2, -0.15) is 10.2 Å². The molecule has 6 heterocycles. The Labute approximate surface area is 214 Å². The van der Waals surface area contributed by atoms with Crippen LogP contribution in [0.5, 0.6) is 0 Å². The smallest absolute Gasteiger partial charge is 0.163 e. The van der Waals surface area contributed by atoms with Crippen molar-refractivity contribution >= 4 is 16.6 Å². The molecular formula is C29H29N7O. The summed E-state index contributed by atoms with van der Waals surface area (Å²) in [6.45, 7) is 2.05. The molecule has 8 nitrogen and oxygen atoms in total. The van der Waals surface area contributed by atoms with Gasteiger partial charge in [-0.25, -0.2) is 9.50 Å². The van der Waals surface area contributed by atoms with E-state index in [1.54, 1.807) is 0 Å². The molecule has 1 aliphatic carbocycles. The molecule has 0 radical (unpaired) electrons. The highest BCUT2D eigenvalue weighted by Crippen LogP contribution is 2.42. The summed E-state index contributed by atoms with van der Waals surface area (Å²) in [5.74, 6) is 0.473. The van der Waals surface area contributed by atoms with Crippen molar-refractivity contribution < 1.29 is 4.74 Å². The van der Waals surface area contributed by atoms with Crippen molar-refractivity contribution in [2.45, 2.75) is 56.2 Å². The number of pyridine rings is 1. The average Bonchev–Trinajstić information content (AvgIpc) is 3.76. The normalized spacial score (nSPS) is 25.9. The molecule has 4 aromatic heterocycles. The van der Waals surface area contributed by atoms with Crippen LogP contribution in [0.2, 0.25) is 0 Å². The first kappa shape index (κ1) is 21.5. The lowest BCUT2D eigenvalue weighted by molar-refractivity contribution is 0.00262. The molecule has 3 aliphatic rings. The van der Waals surface area contributed by atoms with Crippen molar-refractivity contribution in [3.63, 3.8) is 0 Å². The van der Waals surface area contributed by atoms with Crippen LogP contribution in [-0.4, -0.2) is 66.0 Å². The summed E-state index contributed by atoms with van der Waals surface area (Å²) in [4.78, 5) is 11.9. The largest absolute Gasteiger partial charge is 0.375 e. The summed E-state index contributed by atoms with van der Waals surface area (Å²) in [6.07, 6.45) is 14.0. The minimum absolute atomic E-state index is 0.469. The van der Waals surface area contributed by atoms with E-state index in [9.17, 15) is 0 Å². The summed E-state index contributed by atoms with van der Waals surface area (Å²) in [7, 11) is 0. The van der Waals surface area contributed by atoms with Gasteiger partial charge >= 0.3 is 0 Å². The Balaban J connectivity index is 1.21. The summed E-state index contributed by atoms with van der Waals surface area (Å²) >= 11 is 0. The lowest BCUT2D eigenvalue weighted by Gasteiger charge is -2.39. The lowest BCUT2D eigenvalue weighted by atomic mass is 9.83. The minimum Gasteiger partial charge on any atom is -0.375 e. The number of likely N-dealkylation sites (tertiary alicyclic amines) is 1. The Morgan fingerprint density at radius 2 is 1.84 bits per heavy atom. The van der Waals surface area contributed by atoms with Crippen LogP contribution in [0.3, 0.4) is 0 Å². The van der Waals surface area contributed by atoms with Crippen molar-refractivity contribution in [3.05, 3.63) is 66.9 Å². The first-order chi connectivity index (χ1) is 18.3. The fourth-order valence-electron chi connectivity index (χ4n) is 7.00. The zero-order valence-electron chi connectivity index (χ0n) is 20.6. The van der Waals surface area contributed by atoms with E-state index < -0.39 is 0 Å². The van der Waals surface area contributed by atoms with Crippen LogP contribution < -0.4 is 0 Å². The Hall–Kier alpha value is -3.62. The van der Waals surface area contributed by atoms with E-state index in [0.717, 1.165) is 52.1 Å². The number of benzene rings is 1. The maximum atomic E-state index is 5.85. The summed E-state index contributed by atoms with van der Waals surface area (Å²) in [6, 6.07) is 13.8. The van der Waals surface area contributed by atoms with Crippen LogP contribution in [0.15, 0.2) is 61.2 Å². The van der Waals surface area contributed by atoms with Gasteiger partial charge in [0.25, 0.3) is 0 Å². The second kappa shape index (κ2) is 8.46. The first-order valence-corrected chi connectivity index (χ1v) is 13.4. The quantitative estimate of drug-likeness (QED) is 0.388. The molecule has 2 bridgehead atoms. The van der Waals surface area contributed by atoms with Crippen LogP contribution in [0.4, 0.5) is 0 Å². The Kier molecular flexibility index (Phi) is 4.91. The molecule has 2 atom stereocenters. The number of H-pyrrole nitrogens is 1. The standard InChI is InChI=1S/C29H29N7O/c1-2-23(24-15-32-33-25(24)3-1)27-28(19-8-11-30-12-9-19)34-36-26(10-13-31-29(27)36)18-4-6-20(7-5-18)35-16-22-14-21(35)17-37-22/h1-3,8-13,15,18,20-22H,4-7,14,16-17H2,(H,32,33)/t18?,20?,21-,22+/m1/s1. The van der Waals surface area contributed by atoms with E-state index in [4.69, 9.17) is 14.8 Å². The number of rotatable bonds is 4. The van der Waals surface area contributed by atoms with Crippen LogP contribution in [0.25, 0.3) is 38.9 Å². The highest BCUT2D eigenvalue weighted by molar-refractivity contribution is 6.02. The van der Waals surface area contributed by atoms with E-state index in [2.05, 4.69) is 48.9 Å². The predicted molar refractivity (Wildman–Crippen MR) is 141 cm³/mol. The van der Waals surface area contributed by atoms with Gasteiger partial charge < -0.3 is 4.74 Å². The summed E-state index contributed by atoms with van der Waals surface area (Å²) in [5.41, 5.74) is 7.27. The monoisotopic (exact) mass is 491 g/mol. The molecule has 8 rings (SSSR count). The number of hydrogen-bond acceptors (Lipinski definition) is 6. The van der Waals surface area contributed by atoms with Crippen LogP contribution in [0.1, 0.15) is 43.7 Å². The molecule has 1 saturated carbocycles. The summed E-state index contributed by atoms with van der Waals surface area (Å²) < 4.78 is 7.96. The van der Waals surface area contributed by atoms with Crippen molar-refractivity contribution in [1.82, 2.24) is 34.7 Å². The molecule has 37 heavy (non-hydrogen) atoms. The number of ether oxygens (including phenoxy) is 1. The van der Waals surface area contributed by atoms with Gasteiger partial charge in [0.15, 0.2) is 5.65 Å². The average molecular weight is 492 g/mol. The number of morpholine rings is 1. The number of hydrogen-bond donors (Lipinski definition) is 1. The van der Waals surface area contributed by atoms with E-state index >= 15 is 0 Å². The molecule has 186 valence electrons. The molecule has 5 aromatic rings. The van der Waals surface area contributed by atoms with E-state index in [0.29, 0.717) is 24.1 Å². The van der Waals surface area contributed by atoms with Crippen molar-refractivity contribution in [2.24, 2.45) is 0 Å². The maximum absolute atomic E-state index is 5.85. The molecule has 1 aromatic carbocycles. The highest BCUT2D eigenvalue weighted by Gasteiger charge is 2.43. The molecule has 2 aliphatic heterocycles. The van der Waals surface area contributed by atoms with Crippen LogP contribution in [-0.2, 0) is 4.74 Å². The van der Waals surface area contributed by atoms with E-state index in [1.165, 1.54) is 37.8 Å². The molecule has 0 spiro atoms. The van der Waals surface area contributed by atoms with Gasteiger partial charge in [0.2, 0.25) is 0 Å². The Bertz CT molecular complexity index is 1580. The second-order valence-electron chi connectivity index (χ2n) is 10.7. The van der Waals surface area contributed by atoms with Gasteiger partial charge in [0, 0.05) is 59.8 Å². The SMILES string of the molecule is c1cc(-c2c(-c3ccncc3)nn3c(C4CCC(N5C[C@@H]6C[C@@H]5CO6)CC4)ccnc23)c2cn[nH]c2c1. The molecule has 1 N–H and O–H groups in total. The molecule has 2 saturated heterocycles. The topological polar surface area (TPSA) is 84.2 Å².